The van der Waals surface area contributed by atoms with Gasteiger partial charge in [-0.15, -0.1) is 0 Å². The topological polar surface area (TPSA) is 41.1 Å². The van der Waals surface area contributed by atoms with Crippen molar-refractivity contribution in [1.29, 1.82) is 0 Å². The molecule has 4 heteroatoms. The van der Waals surface area contributed by atoms with E-state index in [1.54, 1.807) is 0 Å². The quantitative estimate of drug-likeness (QED) is 0.884. The minimum Gasteiger partial charge on any atom is -0.308 e. The summed E-state index contributed by atoms with van der Waals surface area (Å²) in [7, 11) is 4.14. The number of nitrogens with zero attached hydrogens (tertiary/aromatic N) is 3. The van der Waals surface area contributed by atoms with E-state index in [1.807, 2.05) is 13.2 Å². The molecule has 1 saturated heterocycles. The molecule has 0 radical (unpaired) electrons. The second kappa shape index (κ2) is 5.33. The van der Waals surface area contributed by atoms with Crippen LogP contribution in [0.4, 0.5) is 0 Å². The van der Waals surface area contributed by atoms with Crippen LogP contribution in [0.5, 0.6) is 0 Å². The first kappa shape index (κ1) is 13.4. The molecule has 0 saturated carbocycles. The Bertz CT molecular complexity index is 403. The minimum atomic E-state index is -0.170. The molecule has 0 amide bonds. The highest BCUT2D eigenvalue weighted by atomic mass is 15.1. The summed E-state index contributed by atoms with van der Waals surface area (Å²) in [6, 6.07) is 2.07. The van der Waals surface area contributed by atoms with Crippen LogP contribution in [-0.2, 0) is 5.54 Å². The molecule has 0 spiro atoms. The average Bonchev–Trinajstić information content (AvgIpc) is 2.39. The molecule has 1 fully saturated rings. The lowest BCUT2D eigenvalue weighted by Gasteiger charge is -2.30. The first-order chi connectivity index (χ1) is 8.53. The first-order valence-corrected chi connectivity index (χ1v) is 6.74. The first-order valence-electron chi connectivity index (χ1n) is 6.74. The second-order valence-electron chi connectivity index (χ2n) is 5.78. The number of nitrogens with one attached hydrogen (secondary N) is 1. The van der Waals surface area contributed by atoms with Gasteiger partial charge in [0.1, 0.15) is 5.82 Å². The van der Waals surface area contributed by atoms with Crippen molar-refractivity contribution in [2.24, 2.45) is 0 Å². The molecule has 1 N–H and O–H groups in total. The van der Waals surface area contributed by atoms with Crippen LogP contribution in [-0.4, -0.2) is 42.1 Å². The summed E-state index contributed by atoms with van der Waals surface area (Å²) in [5, 5.41) is 3.26. The van der Waals surface area contributed by atoms with E-state index in [1.165, 1.54) is 25.1 Å². The van der Waals surface area contributed by atoms with Crippen LogP contribution in [0, 0.1) is 0 Å². The number of piperidine rings is 1. The molecule has 0 aliphatic carbocycles. The van der Waals surface area contributed by atoms with Gasteiger partial charge in [0.25, 0.3) is 0 Å². The van der Waals surface area contributed by atoms with Crippen molar-refractivity contribution < 1.29 is 0 Å². The van der Waals surface area contributed by atoms with Gasteiger partial charge >= 0.3 is 0 Å². The lowest BCUT2D eigenvalue weighted by Crippen LogP contribution is -2.36. The highest BCUT2D eigenvalue weighted by Gasteiger charge is 2.24. The number of likely N-dealkylation sites (N-methyl/N-ethyl adjacent to an activating group) is 1. The van der Waals surface area contributed by atoms with Gasteiger partial charge in [0.2, 0.25) is 0 Å². The number of hydrogen-bond acceptors (Lipinski definition) is 4. The smallest absolute Gasteiger partial charge is 0.147 e. The molecule has 1 aliphatic heterocycles. The molecule has 0 aromatic carbocycles. The molecule has 4 nitrogen and oxygen atoms in total. The SMILES string of the molecule is CNC(C)(C)c1nccc(C2CCCN(C)C2)n1. The molecule has 1 aliphatic rings. The van der Waals surface area contributed by atoms with Gasteiger partial charge in [0.15, 0.2) is 0 Å². The Balaban J connectivity index is 2.21. The monoisotopic (exact) mass is 248 g/mol. The van der Waals surface area contributed by atoms with E-state index in [0.717, 1.165) is 12.4 Å². The Hall–Kier alpha value is -1.00. The van der Waals surface area contributed by atoms with E-state index < -0.39 is 0 Å². The van der Waals surface area contributed by atoms with Crippen molar-refractivity contribution in [1.82, 2.24) is 20.2 Å². The third-order valence-corrected chi connectivity index (χ3v) is 3.90. The third kappa shape index (κ3) is 2.87. The van der Waals surface area contributed by atoms with Crippen LogP contribution in [0.3, 0.4) is 0 Å². The van der Waals surface area contributed by atoms with Crippen LogP contribution in [0.1, 0.15) is 44.1 Å². The Labute approximate surface area is 110 Å². The zero-order chi connectivity index (χ0) is 13.2. The van der Waals surface area contributed by atoms with Gasteiger partial charge in [-0.3, -0.25) is 0 Å². The summed E-state index contributed by atoms with van der Waals surface area (Å²) in [5.74, 6) is 1.44. The van der Waals surface area contributed by atoms with Gasteiger partial charge in [0, 0.05) is 24.4 Å². The lowest BCUT2D eigenvalue weighted by atomic mass is 9.94. The highest BCUT2D eigenvalue weighted by Crippen LogP contribution is 2.25. The van der Waals surface area contributed by atoms with Gasteiger partial charge in [-0.1, -0.05) is 0 Å². The molecule has 1 atom stereocenters. The molecular formula is C14H24N4. The van der Waals surface area contributed by atoms with Gasteiger partial charge in [-0.2, -0.15) is 0 Å². The predicted octanol–water partition coefficient (Wildman–Crippen LogP) is 1.74. The Morgan fingerprint density at radius 3 is 2.89 bits per heavy atom. The van der Waals surface area contributed by atoms with Gasteiger partial charge in [-0.25, -0.2) is 9.97 Å². The van der Waals surface area contributed by atoms with Crippen molar-refractivity contribution in [2.75, 3.05) is 27.2 Å². The minimum absolute atomic E-state index is 0.170. The summed E-state index contributed by atoms with van der Waals surface area (Å²) in [4.78, 5) is 11.6. The fraction of sp³-hybridized carbons (Fsp3) is 0.714. The molecule has 18 heavy (non-hydrogen) atoms. The number of rotatable bonds is 3. The van der Waals surface area contributed by atoms with E-state index in [2.05, 4.69) is 42.2 Å². The molecule has 1 unspecified atom stereocenters. The van der Waals surface area contributed by atoms with Crippen LogP contribution < -0.4 is 5.32 Å². The molecule has 0 bridgehead atoms. The fourth-order valence-electron chi connectivity index (χ4n) is 2.42. The Morgan fingerprint density at radius 2 is 2.22 bits per heavy atom. The van der Waals surface area contributed by atoms with Crippen molar-refractivity contribution in [3.8, 4) is 0 Å². The summed E-state index contributed by atoms with van der Waals surface area (Å²) in [6.45, 7) is 6.53. The van der Waals surface area contributed by atoms with Gasteiger partial charge in [-0.05, 0) is 53.4 Å². The summed E-state index contributed by atoms with van der Waals surface area (Å²) in [6.07, 6.45) is 4.39. The van der Waals surface area contributed by atoms with Gasteiger partial charge < -0.3 is 10.2 Å². The normalized spacial score (nSPS) is 22.1. The maximum Gasteiger partial charge on any atom is 0.147 e. The third-order valence-electron chi connectivity index (χ3n) is 3.90. The summed E-state index contributed by atoms with van der Waals surface area (Å²) in [5.41, 5.74) is 1.02. The Morgan fingerprint density at radius 1 is 1.44 bits per heavy atom. The molecule has 1 aromatic rings. The average molecular weight is 248 g/mol. The van der Waals surface area contributed by atoms with E-state index in [-0.39, 0.29) is 5.54 Å². The van der Waals surface area contributed by atoms with Crippen LogP contribution in [0.25, 0.3) is 0 Å². The zero-order valence-electron chi connectivity index (χ0n) is 11.9. The Kier molecular flexibility index (Phi) is 3.97. The van der Waals surface area contributed by atoms with Crippen molar-refractivity contribution in [3.05, 3.63) is 23.8 Å². The lowest BCUT2D eigenvalue weighted by molar-refractivity contribution is 0.247. The van der Waals surface area contributed by atoms with Crippen LogP contribution in [0.2, 0.25) is 0 Å². The number of hydrogen-bond donors (Lipinski definition) is 1. The predicted molar refractivity (Wildman–Crippen MR) is 73.6 cm³/mol. The van der Waals surface area contributed by atoms with E-state index in [9.17, 15) is 0 Å². The van der Waals surface area contributed by atoms with E-state index in [4.69, 9.17) is 4.98 Å². The summed E-state index contributed by atoms with van der Waals surface area (Å²) < 4.78 is 0. The highest BCUT2D eigenvalue weighted by molar-refractivity contribution is 5.13. The van der Waals surface area contributed by atoms with Crippen molar-refractivity contribution in [2.45, 2.75) is 38.1 Å². The molecule has 2 rings (SSSR count). The molecule has 1 aromatic heterocycles. The fourth-order valence-corrected chi connectivity index (χ4v) is 2.42. The second-order valence-corrected chi connectivity index (χ2v) is 5.78. The maximum atomic E-state index is 4.77. The van der Waals surface area contributed by atoms with Crippen molar-refractivity contribution in [3.63, 3.8) is 0 Å². The summed E-state index contributed by atoms with van der Waals surface area (Å²) >= 11 is 0. The molecular weight excluding hydrogens is 224 g/mol. The van der Waals surface area contributed by atoms with Gasteiger partial charge in [0.05, 0.1) is 5.54 Å². The number of likely N-dealkylation sites (tertiary alicyclic amines) is 1. The molecule has 2 heterocycles. The standard InChI is InChI=1S/C14H24N4/c1-14(2,15-3)13-16-8-7-12(17-13)11-6-5-9-18(4)10-11/h7-8,11,15H,5-6,9-10H2,1-4H3. The largest absolute Gasteiger partial charge is 0.308 e. The zero-order valence-corrected chi connectivity index (χ0v) is 11.9. The van der Waals surface area contributed by atoms with Crippen LogP contribution in [0.15, 0.2) is 12.3 Å². The molecule has 100 valence electrons. The van der Waals surface area contributed by atoms with E-state index in [0.29, 0.717) is 5.92 Å². The maximum absolute atomic E-state index is 4.77. The van der Waals surface area contributed by atoms with Crippen LogP contribution >= 0.6 is 0 Å². The van der Waals surface area contributed by atoms with E-state index >= 15 is 0 Å². The van der Waals surface area contributed by atoms with Crippen molar-refractivity contribution >= 4 is 0 Å². The number of aromatic nitrogens is 2.